The molecule has 5 nitrogen and oxygen atoms in total. The molecule has 0 atom stereocenters. The second-order valence-electron chi connectivity index (χ2n) is 9.02. The van der Waals surface area contributed by atoms with E-state index in [0.717, 1.165) is 53.1 Å². The summed E-state index contributed by atoms with van der Waals surface area (Å²) in [6.07, 6.45) is 5.36. The molecule has 5 rings (SSSR count). The quantitative estimate of drug-likeness (QED) is 0.512. The Kier molecular flexibility index (Phi) is 4.84. The third-order valence-electron chi connectivity index (χ3n) is 6.38. The van der Waals surface area contributed by atoms with Crippen LogP contribution in [0.2, 0.25) is 0 Å². The van der Waals surface area contributed by atoms with Crippen molar-refractivity contribution in [1.82, 2.24) is 9.61 Å². The van der Waals surface area contributed by atoms with Gasteiger partial charge in [-0.05, 0) is 80.7 Å². The van der Waals surface area contributed by atoms with E-state index in [0.29, 0.717) is 5.88 Å². The summed E-state index contributed by atoms with van der Waals surface area (Å²) < 4.78 is 13.6. The largest absolute Gasteiger partial charge is 0.496 e. The van der Waals surface area contributed by atoms with Gasteiger partial charge in [0.2, 0.25) is 0 Å². The average Bonchev–Trinajstić information content (AvgIpc) is 3.66. The third kappa shape index (κ3) is 3.51. The Morgan fingerprint density at radius 2 is 1.70 bits per heavy atom. The lowest BCUT2D eigenvalue weighted by Crippen LogP contribution is -2.28. The summed E-state index contributed by atoms with van der Waals surface area (Å²) in [7, 11) is 3.47. The first kappa shape index (κ1) is 19.3. The van der Waals surface area contributed by atoms with Crippen LogP contribution in [0.4, 0.5) is 5.69 Å². The summed E-state index contributed by atoms with van der Waals surface area (Å²) in [5.41, 5.74) is 6.74. The summed E-state index contributed by atoms with van der Waals surface area (Å²) in [6, 6.07) is 10.7. The number of ether oxygens (including phenoxy) is 2. The van der Waals surface area contributed by atoms with Crippen LogP contribution < -0.4 is 14.4 Å². The number of pyridine rings is 1. The minimum Gasteiger partial charge on any atom is -0.496 e. The van der Waals surface area contributed by atoms with Crippen LogP contribution >= 0.6 is 0 Å². The molecule has 2 fully saturated rings. The maximum atomic E-state index is 5.81. The topological polar surface area (TPSA) is 39.0 Å². The van der Waals surface area contributed by atoms with E-state index in [-0.39, 0.29) is 0 Å². The zero-order valence-corrected chi connectivity index (χ0v) is 18.4. The van der Waals surface area contributed by atoms with Gasteiger partial charge in [0.25, 0.3) is 5.88 Å². The maximum Gasteiger partial charge on any atom is 0.257 e. The molecule has 0 spiro atoms. The molecular formula is C25H31N3O2. The molecule has 0 N–H and O–H groups in total. The van der Waals surface area contributed by atoms with E-state index >= 15 is 0 Å². The molecule has 1 aromatic carbocycles. The molecule has 0 aliphatic heterocycles. The highest BCUT2D eigenvalue weighted by Crippen LogP contribution is 2.42. The Labute approximate surface area is 178 Å². The van der Waals surface area contributed by atoms with E-state index in [4.69, 9.17) is 14.6 Å². The first-order valence-electron chi connectivity index (χ1n) is 11.0. The molecular weight excluding hydrogens is 374 g/mol. The predicted molar refractivity (Wildman–Crippen MR) is 121 cm³/mol. The van der Waals surface area contributed by atoms with Crippen LogP contribution in [-0.4, -0.2) is 36.9 Å². The number of nitrogens with zero attached hydrogens (tertiary/aromatic N) is 3. The lowest BCUT2D eigenvalue weighted by molar-refractivity contribution is 0.394. The van der Waals surface area contributed by atoms with E-state index in [1.54, 1.807) is 14.2 Å². The lowest BCUT2D eigenvalue weighted by atomic mass is 10.0. The molecule has 0 saturated heterocycles. The summed E-state index contributed by atoms with van der Waals surface area (Å²) in [6.45, 7) is 6.44. The molecule has 30 heavy (non-hydrogen) atoms. The molecule has 0 unspecified atom stereocenters. The van der Waals surface area contributed by atoms with E-state index in [1.165, 1.54) is 36.8 Å². The highest BCUT2D eigenvalue weighted by Gasteiger charge is 2.32. The summed E-state index contributed by atoms with van der Waals surface area (Å²) in [5, 5.41) is 4.92. The molecule has 0 bridgehead atoms. The average molecular weight is 406 g/mol. The fraction of sp³-hybridized carbons (Fsp3) is 0.480. The van der Waals surface area contributed by atoms with Gasteiger partial charge in [-0.1, -0.05) is 12.1 Å². The van der Waals surface area contributed by atoms with Crippen LogP contribution in [0.3, 0.4) is 0 Å². The van der Waals surface area contributed by atoms with E-state index < -0.39 is 0 Å². The van der Waals surface area contributed by atoms with Crippen molar-refractivity contribution in [3.05, 3.63) is 41.5 Å². The molecule has 2 aliphatic carbocycles. The summed E-state index contributed by atoms with van der Waals surface area (Å²) in [5.74, 6) is 3.22. The molecule has 5 heteroatoms. The van der Waals surface area contributed by atoms with Crippen molar-refractivity contribution < 1.29 is 9.47 Å². The zero-order valence-electron chi connectivity index (χ0n) is 18.4. The maximum absolute atomic E-state index is 5.81. The van der Waals surface area contributed by atoms with Gasteiger partial charge in [0.15, 0.2) is 0 Å². The fourth-order valence-electron chi connectivity index (χ4n) is 4.56. The number of rotatable bonds is 8. The van der Waals surface area contributed by atoms with Crippen molar-refractivity contribution in [1.29, 1.82) is 0 Å². The molecule has 0 radical (unpaired) electrons. The Bertz CT molecular complexity index is 1070. The monoisotopic (exact) mass is 405 g/mol. The van der Waals surface area contributed by atoms with Gasteiger partial charge in [-0.3, -0.25) is 0 Å². The number of fused-ring (bicyclic) bond motifs is 1. The number of aryl methyl sites for hydroxylation is 2. The second-order valence-corrected chi connectivity index (χ2v) is 9.02. The SMILES string of the molecule is COc1cc(C)cc(C)c1-c1cccc2c(N(CC3CC3)CC3CC3)c(OC)nn12. The van der Waals surface area contributed by atoms with Gasteiger partial charge < -0.3 is 14.4 Å². The summed E-state index contributed by atoms with van der Waals surface area (Å²) in [4.78, 5) is 2.54. The van der Waals surface area contributed by atoms with Gasteiger partial charge >= 0.3 is 0 Å². The Morgan fingerprint density at radius 3 is 2.30 bits per heavy atom. The Hall–Kier alpha value is -2.69. The van der Waals surface area contributed by atoms with Gasteiger partial charge in [0.05, 0.1) is 25.4 Å². The van der Waals surface area contributed by atoms with Crippen molar-refractivity contribution in [2.75, 3.05) is 32.2 Å². The lowest BCUT2D eigenvalue weighted by Gasteiger charge is -2.24. The zero-order chi connectivity index (χ0) is 20.8. The first-order chi connectivity index (χ1) is 14.6. The van der Waals surface area contributed by atoms with Gasteiger partial charge in [0.1, 0.15) is 11.4 Å². The van der Waals surface area contributed by atoms with E-state index in [1.807, 2.05) is 4.52 Å². The van der Waals surface area contributed by atoms with Crippen LogP contribution in [0.1, 0.15) is 36.8 Å². The van der Waals surface area contributed by atoms with Gasteiger partial charge in [-0.15, -0.1) is 5.10 Å². The van der Waals surface area contributed by atoms with Gasteiger partial charge in [0, 0.05) is 18.7 Å². The molecule has 2 heterocycles. The van der Waals surface area contributed by atoms with Gasteiger partial charge in [-0.2, -0.15) is 0 Å². The van der Waals surface area contributed by atoms with Crippen LogP contribution in [0.25, 0.3) is 16.8 Å². The van der Waals surface area contributed by atoms with Crippen molar-refractivity contribution in [3.8, 4) is 22.9 Å². The molecule has 2 aromatic heterocycles. The second kappa shape index (κ2) is 7.53. The smallest absolute Gasteiger partial charge is 0.257 e. The van der Waals surface area contributed by atoms with Crippen molar-refractivity contribution in [3.63, 3.8) is 0 Å². The standard InChI is InChI=1S/C25H31N3O2/c1-16-12-17(2)23(22(13-16)29-3)20-6-5-7-21-24(25(30-4)26-28(20)21)27(14-18-8-9-18)15-19-10-11-19/h5-7,12-13,18-19H,8-11,14-15H2,1-4H3. The molecule has 2 saturated carbocycles. The minimum absolute atomic E-state index is 0.715. The molecule has 0 amide bonds. The van der Waals surface area contributed by atoms with Crippen LogP contribution in [-0.2, 0) is 0 Å². The highest BCUT2D eigenvalue weighted by molar-refractivity contribution is 5.83. The Balaban J connectivity index is 1.68. The third-order valence-corrected chi connectivity index (χ3v) is 6.38. The predicted octanol–water partition coefficient (Wildman–Crippen LogP) is 5.26. The number of methoxy groups -OCH3 is 2. The van der Waals surface area contributed by atoms with Crippen molar-refractivity contribution >= 4 is 11.2 Å². The summed E-state index contributed by atoms with van der Waals surface area (Å²) >= 11 is 0. The number of hydrogen-bond acceptors (Lipinski definition) is 4. The molecule has 2 aliphatic rings. The number of anilines is 1. The normalized spacial score (nSPS) is 16.1. The van der Waals surface area contributed by atoms with Crippen LogP contribution in [0.5, 0.6) is 11.6 Å². The minimum atomic E-state index is 0.715. The van der Waals surface area contributed by atoms with Crippen LogP contribution in [0.15, 0.2) is 30.3 Å². The number of aromatic nitrogens is 2. The molecule has 158 valence electrons. The highest BCUT2D eigenvalue weighted by atomic mass is 16.5. The molecule has 3 aromatic rings. The number of benzene rings is 1. The Morgan fingerprint density at radius 1 is 1.00 bits per heavy atom. The number of hydrogen-bond donors (Lipinski definition) is 0. The van der Waals surface area contributed by atoms with Crippen LogP contribution in [0, 0.1) is 25.7 Å². The fourth-order valence-corrected chi connectivity index (χ4v) is 4.56. The van der Waals surface area contributed by atoms with E-state index in [9.17, 15) is 0 Å². The van der Waals surface area contributed by atoms with Crippen molar-refractivity contribution in [2.45, 2.75) is 39.5 Å². The van der Waals surface area contributed by atoms with E-state index in [2.05, 4.69) is 49.1 Å². The first-order valence-corrected chi connectivity index (χ1v) is 11.0. The van der Waals surface area contributed by atoms with Gasteiger partial charge in [-0.25, -0.2) is 4.52 Å². The van der Waals surface area contributed by atoms with Crippen molar-refractivity contribution in [2.24, 2.45) is 11.8 Å².